The van der Waals surface area contributed by atoms with Gasteiger partial charge in [-0.25, -0.2) is 0 Å². The number of hydrogen-bond acceptors (Lipinski definition) is 1. The lowest BCUT2D eigenvalue weighted by atomic mass is 9.97. The minimum atomic E-state index is 0.567. The van der Waals surface area contributed by atoms with Gasteiger partial charge in [-0.1, -0.05) is 30.1 Å². The summed E-state index contributed by atoms with van der Waals surface area (Å²) >= 11 is 12.1. The molecular weight excluding hydrogens is 217 g/mol. The molecule has 0 aliphatic carbocycles. The molecule has 0 saturated carbocycles. The van der Waals surface area contributed by atoms with Crippen molar-refractivity contribution in [3.05, 3.63) is 27.7 Å². The van der Waals surface area contributed by atoms with Crippen molar-refractivity contribution in [1.82, 2.24) is 0 Å². The molecule has 76 valence electrons. The monoisotopic (exact) mass is 229 g/mol. The van der Waals surface area contributed by atoms with E-state index < -0.39 is 0 Å². The fraction of sp³-hybridized carbons (Fsp3) is 0.455. The summed E-state index contributed by atoms with van der Waals surface area (Å²) in [5, 5.41) is 4.95. The quantitative estimate of drug-likeness (QED) is 0.764. The summed E-state index contributed by atoms with van der Waals surface area (Å²) in [6.45, 7) is 2.19. The Morgan fingerprint density at radius 1 is 1.43 bits per heavy atom. The van der Waals surface area contributed by atoms with Crippen LogP contribution in [0.3, 0.4) is 0 Å². The van der Waals surface area contributed by atoms with Crippen LogP contribution in [0.1, 0.15) is 25.3 Å². The second-order valence-corrected chi connectivity index (χ2v) is 4.55. The molecule has 2 rings (SSSR count). The van der Waals surface area contributed by atoms with Crippen LogP contribution in [0.4, 0.5) is 5.69 Å². The van der Waals surface area contributed by atoms with Crippen LogP contribution in [0.5, 0.6) is 0 Å². The van der Waals surface area contributed by atoms with Crippen molar-refractivity contribution in [3.63, 3.8) is 0 Å². The van der Waals surface area contributed by atoms with Gasteiger partial charge in [-0.05, 0) is 37.0 Å². The standard InChI is InChI=1S/C11H13Cl2N/c1-2-8-3-4-9-10(13)5-7(12)6-11(9)14-8/h5-6,8,14H,2-4H2,1H3/t8-/m0/s1. The maximum atomic E-state index is 6.11. The molecular formula is C11H13Cl2N. The predicted molar refractivity (Wildman–Crippen MR) is 62.5 cm³/mol. The summed E-state index contributed by atoms with van der Waals surface area (Å²) < 4.78 is 0. The molecule has 0 radical (unpaired) electrons. The van der Waals surface area contributed by atoms with Crippen molar-refractivity contribution in [2.75, 3.05) is 5.32 Å². The first kappa shape index (κ1) is 10.1. The Labute approximate surface area is 94.4 Å². The van der Waals surface area contributed by atoms with Crippen LogP contribution in [0.25, 0.3) is 0 Å². The first-order valence-corrected chi connectivity index (χ1v) is 5.70. The number of benzene rings is 1. The van der Waals surface area contributed by atoms with Crippen molar-refractivity contribution in [2.45, 2.75) is 32.2 Å². The summed E-state index contributed by atoms with van der Waals surface area (Å²) in [5.41, 5.74) is 2.32. The van der Waals surface area contributed by atoms with Crippen LogP contribution < -0.4 is 5.32 Å². The van der Waals surface area contributed by atoms with Gasteiger partial charge in [0.2, 0.25) is 0 Å². The molecule has 0 amide bonds. The molecule has 0 saturated heterocycles. The van der Waals surface area contributed by atoms with Gasteiger partial charge in [-0.15, -0.1) is 0 Å². The first-order chi connectivity index (χ1) is 6.70. The Hall–Kier alpha value is -0.400. The molecule has 1 aromatic carbocycles. The number of nitrogens with one attached hydrogen (secondary N) is 1. The van der Waals surface area contributed by atoms with Gasteiger partial charge < -0.3 is 5.32 Å². The molecule has 1 aromatic rings. The Kier molecular flexibility index (Phi) is 2.89. The zero-order chi connectivity index (χ0) is 10.1. The predicted octanol–water partition coefficient (Wildman–Crippen LogP) is 4.13. The van der Waals surface area contributed by atoms with Crippen LogP contribution in [0.15, 0.2) is 12.1 Å². The zero-order valence-electron chi connectivity index (χ0n) is 8.11. The van der Waals surface area contributed by atoms with E-state index in [1.54, 1.807) is 0 Å². The van der Waals surface area contributed by atoms with Crippen molar-refractivity contribution in [2.24, 2.45) is 0 Å². The number of anilines is 1. The molecule has 14 heavy (non-hydrogen) atoms. The topological polar surface area (TPSA) is 12.0 Å². The Balaban J connectivity index is 2.37. The van der Waals surface area contributed by atoms with Gasteiger partial charge in [0.05, 0.1) is 0 Å². The van der Waals surface area contributed by atoms with Crippen LogP contribution in [-0.2, 0) is 6.42 Å². The molecule has 1 aliphatic rings. The average molecular weight is 230 g/mol. The smallest absolute Gasteiger partial charge is 0.0473 e. The summed E-state index contributed by atoms with van der Waals surface area (Å²) in [7, 11) is 0. The van der Waals surface area contributed by atoms with E-state index in [2.05, 4.69) is 12.2 Å². The maximum absolute atomic E-state index is 6.11. The van der Waals surface area contributed by atoms with Crippen LogP contribution in [0.2, 0.25) is 10.0 Å². The minimum absolute atomic E-state index is 0.567. The van der Waals surface area contributed by atoms with Crippen molar-refractivity contribution in [3.8, 4) is 0 Å². The lowest BCUT2D eigenvalue weighted by molar-refractivity contribution is 0.614. The number of rotatable bonds is 1. The van der Waals surface area contributed by atoms with Crippen LogP contribution in [-0.4, -0.2) is 6.04 Å². The summed E-state index contributed by atoms with van der Waals surface area (Å²) in [4.78, 5) is 0. The summed E-state index contributed by atoms with van der Waals surface area (Å²) in [6, 6.07) is 4.34. The van der Waals surface area contributed by atoms with Gasteiger partial charge in [0.25, 0.3) is 0 Å². The van der Waals surface area contributed by atoms with E-state index in [0.29, 0.717) is 11.1 Å². The second-order valence-electron chi connectivity index (χ2n) is 3.70. The average Bonchev–Trinajstić information content (AvgIpc) is 2.16. The Morgan fingerprint density at radius 2 is 2.21 bits per heavy atom. The fourth-order valence-electron chi connectivity index (χ4n) is 1.90. The molecule has 0 bridgehead atoms. The van der Waals surface area contributed by atoms with Crippen molar-refractivity contribution < 1.29 is 0 Å². The van der Waals surface area contributed by atoms with Gasteiger partial charge in [0.15, 0.2) is 0 Å². The third-order valence-electron chi connectivity index (χ3n) is 2.76. The number of fused-ring (bicyclic) bond motifs is 1. The zero-order valence-corrected chi connectivity index (χ0v) is 9.62. The number of hydrogen-bond donors (Lipinski definition) is 1. The van der Waals surface area contributed by atoms with E-state index in [-0.39, 0.29) is 0 Å². The minimum Gasteiger partial charge on any atom is -0.382 e. The molecule has 3 heteroatoms. The van der Waals surface area contributed by atoms with Gasteiger partial charge in [-0.3, -0.25) is 0 Å². The van der Waals surface area contributed by atoms with E-state index in [1.165, 1.54) is 5.56 Å². The second kappa shape index (κ2) is 4.00. The van der Waals surface area contributed by atoms with E-state index in [0.717, 1.165) is 30.0 Å². The van der Waals surface area contributed by atoms with E-state index >= 15 is 0 Å². The molecule has 1 aliphatic heterocycles. The largest absolute Gasteiger partial charge is 0.382 e. The molecule has 1 heterocycles. The molecule has 0 aromatic heterocycles. The normalized spacial score (nSPS) is 20.1. The van der Waals surface area contributed by atoms with E-state index in [1.807, 2.05) is 12.1 Å². The van der Waals surface area contributed by atoms with Crippen molar-refractivity contribution >= 4 is 28.9 Å². The third kappa shape index (κ3) is 1.84. The Morgan fingerprint density at radius 3 is 2.93 bits per heavy atom. The van der Waals surface area contributed by atoms with Crippen LogP contribution >= 0.6 is 23.2 Å². The molecule has 1 N–H and O–H groups in total. The molecule has 0 unspecified atom stereocenters. The van der Waals surface area contributed by atoms with Gasteiger partial charge in [-0.2, -0.15) is 0 Å². The highest BCUT2D eigenvalue weighted by Gasteiger charge is 2.18. The van der Waals surface area contributed by atoms with Gasteiger partial charge in [0, 0.05) is 21.8 Å². The third-order valence-corrected chi connectivity index (χ3v) is 3.31. The highest BCUT2D eigenvalue weighted by Crippen LogP contribution is 2.34. The highest BCUT2D eigenvalue weighted by atomic mass is 35.5. The molecule has 0 fully saturated rings. The van der Waals surface area contributed by atoms with E-state index in [9.17, 15) is 0 Å². The molecule has 1 nitrogen and oxygen atoms in total. The van der Waals surface area contributed by atoms with E-state index in [4.69, 9.17) is 23.2 Å². The SMILES string of the molecule is CC[C@H]1CCc2c(Cl)cc(Cl)cc2N1. The maximum Gasteiger partial charge on any atom is 0.0473 e. The van der Waals surface area contributed by atoms with Gasteiger partial charge in [0.1, 0.15) is 0 Å². The molecule has 0 spiro atoms. The summed E-state index contributed by atoms with van der Waals surface area (Å²) in [6.07, 6.45) is 3.35. The fourth-order valence-corrected chi connectivity index (χ4v) is 2.49. The summed E-state index contributed by atoms with van der Waals surface area (Å²) in [5.74, 6) is 0. The van der Waals surface area contributed by atoms with Crippen LogP contribution in [0, 0.1) is 0 Å². The lowest BCUT2D eigenvalue weighted by Crippen LogP contribution is -2.24. The number of halogens is 2. The van der Waals surface area contributed by atoms with Gasteiger partial charge >= 0.3 is 0 Å². The molecule has 1 atom stereocenters. The lowest BCUT2D eigenvalue weighted by Gasteiger charge is -2.27. The van der Waals surface area contributed by atoms with Crippen molar-refractivity contribution in [1.29, 1.82) is 0 Å². The highest BCUT2D eigenvalue weighted by molar-refractivity contribution is 6.35. The first-order valence-electron chi connectivity index (χ1n) is 4.95. The Bertz CT molecular complexity index is 349.